The van der Waals surface area contributed by atoms with E-state index in [1.165, 1.54) is 4.90 Å². The number of hydrogen-bond donors (Lipinski definition) is 2. The lowest BCUT2D eigenvalue weighted by Gasteiger charge is -2.19. The number of hydrogen-bond acceptors (Lipinski definition) is 4. The molecule has 0 aliphatic carbocycles. The van der Waals surface area contributed by atoms with E-state index in [4.69, 9.17) is 9.84 Å². The molecule has 7 nitrogen and oxygen atoms in total. The number of nitrogens with zero attached hydrogens (tertiary/aromatic N) is 1. The summed E-state index contributed by atoms with van der Waals surface area (Å²) in [6.07, 6.45) is 0. The lowest BCUT2D eigenvalue weighted by molar-refractivity contribution is -0.139. The van der Waals surface area contributed by atoms with Gasteiger partial charge in [0.05, 0.1) is 0 Å². The first-order valence-corrected chi connectivity index (χ1v) is 9.18. The van der Waals surface area contributed by atoms with Crippen LogP contribution in [0.2, 0.25) is 0 Å². The number of anilines is 1. The molecule has 0 aliphatic rings. The number of rotatable bonds is 7. The summed E-state index contributed by atoms with van der Waals surface area (Å²) >= 11 is 0. The van der Waals surface area contributed by atoms with Crippen LogP contribution in [0.1, 0.15) is 41.5 Å². The topological polar surface area (TPSA) is 95.9 Å². The predicted molar refractivity (Wildman–Crippen MR) is 111 cm³/mol. The third kappa shape index (κ3) is 6.64. The number of amides is 2. The minimum absolute atomic E-state index is 0.0114. The van der Waals surface area contributed by atoms with Crippen molar-refractivity contribution in [1.82, 2.24) is 5.32 Å². The molecule has 0 spiro atoms. The lowest BCUT2D eigenvalue weighted by atomic mass is 9.97. The SMILES string of the molecule is CN(C(=O)c1ccc(C(=O)NCC(C)(C)C)cc1)c1ccc(OCC(=O)O)cc1. The Morgan fingerprint density at radius 1 is 0.966 bits per heavy atom. The minimum atomic E-state index is -1.06. The monoisotopic (exact) mass is 398 g/mol. The first kappa shape index (κ1) is 21.9. The molecule has 0 unspecified atom stereocenters. The zero-order valence-electron chi connectivity index (χ0n) is 17.1. The molecule has 2 amide bonds. The molecule has 2 rings (SSSR count). The molecule has 2 N–H and O–H groups in total. The molecule has 0 saturated heterocycles. The smallest absolute Gasteiger partial charge is 0.341 e. The van der Waals surface area contributed by atoms with Gasteiger partial charge in [0, 0.05) is 30.4 Å². The van der Waals surface area contributed by atoms with Crippen LogP contribution in [0.4, 0.5) is 5.69 Å². The van der Waals surface area contributed by atoms with Crippen molar-refractivity contribution in [3.8, 4) is 5.75 Å². The van der Waals surface area contributed by atoms with E-state index in [-0.39, 0.29) is 17.2 Å². The fourth-order valence-corrected chi connectivity index (χ4v) is 2.43. The van der Waals surface area contributed by atoms with Crippen molar-refractivity contribution in [2.24, 2.45) is 5.41 Å². The van der Waals surface area contributed by atoms with Gasteiger partial charge in [-0.15, -0.1) is 0 Å². The van der Waals surface area contributed by atoms with Crippen LogP contribution in [0.5, 0.6) is 5.75 Å². The minimum Gasteiger partial charge on any atom is -0.482 e. The number of ether oxygens (including phenoxy) is 1. The van der Waals surface area contributed by atoms with E-state index in [0.29, 0.717) is 29.1 Å². The van der Waals surface area contributed by atoms with Crippen LogP contribution in [-0.4, -0.2) is 43.1 Å². The van der Waals surface area contributed by atoms with Crippen molar-refractivity contribution in [3.63, 3.8) is 0 Å². The fourth-order valence-electron chi connectivity index (χ4n) is 2.43. The molecule has 29 heavy (non-hydrogen) atoms. The quantitative estimate of drug-likeness (QED) is 0.747. The van der Waals surface area contributed by atoms with E-state index in [0.717, 1.165) is 0 Å². The van der Waals surface area contributed by atoms with Crippen LogP contribution in [-0.2, 0) is 4.79 Å². The van der Waals surface area contributed by atoms with Gasteiger partial charge in [-0.25, -0.2) is 4.79 Å². The number of aliphatic carboxylic acids is 1. The summed E-state index contributed by atoms with van der Waals surface area (Å²) in [5.74, 6) is -1.06. The highest BCUT2D eigenvalue weighted by Crippen LogP contribution is 2.20. The number of benzene rings is 2. The third-order valence-electron chi connectivity index (χ3n) is 4.06. The third-order valence-corrected chi connectivity index (χ3v) is 4.06. The Balaban J connectivity index is 2.02. The van der Waals surface area contributed by atoms with E-state index in [9.17, 15) is 14.4 Å². The second-order valence-corrected chi connectivity index (χ2v) is 7.86. The van der Waals surface area contributed by atoms with Gasteiger partial charge in [-0.1, -0.05) is 20.8 Å². The molecule has 0 radical (unpaired) electrons. The number of carbonyl (C=O) groups is 3. The molecular weight excluding hydrogens is 372 g/mol. The van der Waals surface area contributed by atoms with Gasteiger partial charge in [-0.05, 0) is 53.9 Å². The van der Waals surface area contributed by atoms with Crippen LogP contribution in [0.3, 0.4) is 0 Å². The lowest BCUT2D eigenvalue weighted by Crippen LogP contribution is -2.32. The fraction of sp³-hybridized carbons (Fsp3) is 0.318. The number of carbonyl (C=O) groups excluding carboxylic acids is 2. The molecule has 0 saturated carbocycles. The second-order valence-electron chi connectivity index (χ2n) is 7.86. The van der Waals surface area contributed by atoms with Gasteiger partial charge >= 0.3 is 5.97 Å². The largest absolute Gasteiger partial charge is 0.482 e. The van der Waals surface area contributed by atoms with Crippen LogP contribution in [0, 0.1) is 5.41 Å². The summed E-state index contributed by atoms with van der Waals surface area (Å²) in [4.78, 5) is 36.9. The maximum Gasteiger partial charge on any atom is 0.341 e. The Labute approximate surface area is 170 Å². The molecule has 0 bridgehead atoms. The molecular formula is C22H26N2O5. The van der Waals surface area contributed by atoms with Gasteiger partial charge in [0.2, 0.25) is 0 Å². The number of carboxylic acid groups (broad SMARTS) is 1. The van der Waals surface area contributed by atoms with Crippen LogP contribution in [0.25, 0.3) is 0 Å². The highest BCUT2D eigenvalue weighted by Gasteiger charge is 2.16. The van der Waals surface area contributed by atoms with E-state index in [1.54, 1.807) is 55.6 Å². The zero-order valence-corrected chi connectivity index (χ0v) is 17.1. The summed E-state index contributed by atoms with van der Waals surface area (Å²) in [6, 6.07) is 13.0. The van der Waals surface area contributed by atoms with Crippen molar-refractivity contribution in [2.75, 3.05) is 25.1 Å². The Bertz CT molecular complexity index is 868. The normalized spacial score (nSPS) is 10.9. The van der Waals surface area contributed by atoms with Crippen molar-refractivity contribution in [3.05, 3.63) is 59.7 Å². The predicted octanol–water partition coefficient (Wildman–Crippen LogP) is 3.20. The first-order chi connectivity index (χ1) is 13.6. The van der Waals surface area contributed by atoms with Gasteiger partial charge in [-0.3, -0.25) is 9.59 Å². The van der Waals surface area contributed by atoms with Gasteiger partial charge in [0.1, 0.15) is 5.75 Å². The Kier molecular flexibility index (Phi) is 6.98. The molecule has 0 heterocycles. The molecule has 0 fully saturated rings. The van der Waals surface area contributed by atoms with E-state index in [2.05, 4.69) is 5.32 Å². The zero-order chi connectivity index (χ0) is 21.6. The average molecular weight is 398 g/mol. The standard InChI is InChI=1S/C22H26N2O5/c1-22(2,3)14-23-20(27)15-5-7-16(8-6-15)21(28)24(4)17-9-11-18(12-10-17)29-13-19(25)26/h5-12H,13-14H2,1-4H3,(H,23,27)(H,25,26). The maximum absolute atomic E-state index is 12.7. The van der Waals surface area contributed by atoms with E-state index in [1.807, 2.05) is 20.8 Å². The van der Waals surface area contributed by atoms with Crippen LogP contribution < -0.4 is 15.0 Å². The summed E-state index contributed by atoms with van der Waals surface area (Å²) in [6.45, 7) is 6.24. The number of carboxylic acids is 1. The van der Waals surface area contributed by atoms with Crippen LogP contribution >= 0.6 is 0 Å². The Morgan fingerprint density at radius 3 is 2.03 bits per heavy atom. The van der Waals surface area contributed by atoms with Crippen LogP contribution in [0.15, 0.2) is 48.5 Å². The van der Waals surface area contributed by atoms with E-state index < -0.39 is 12.6 Å². The maximum atomic E-state index is 12.7. The number of nitrogens with one attached hydrogen (secondary N) is 1. The molecule has 0 atom stereocenters. The summed E-state index contributed by atoms with van der Waals surface area (Å²) < 4.78 is 5.08. The highest BCUT2D eigenvalue weighted by molar-refractivity contribution is 6.06. The Hall–Kier alpha value is -3.35. The summed E-state index contributed by atoms with van der Waals surface area (Å²) in [5.41, 5.74) is 1.56. The molecule has 7 heteroatoms. The van der Waals surface area contributed by atoms with Crippen molar-refractivity contribution in [2.45, 2.75) is 20.8 Å². The molecule has 0 aliphatic heterocycles. The molecule has 0 aromatic heterocycles. The molecule has 2 aromatic carbocycles. The first-order valence-electron chi connectivity index (χ1n) is 9.18. The van der Waals surface area contributed by atoms with Crippen molar-refractivity contribution < 1.29 is 24.2 Å². The van der Waals surface area contributed by atoms with E-state index >= 15 is 0 Å². The van der Waals surface area contributed by atoms with Crippen molar-refractivity contribution in [1.29, 1.82) is 0 Å². The second kappa shape index (κ2) is 9.23. The Morgan fingerprint density at radius 2 is 1.52 bits per heavy atom. The average Bonchev–Trinajstić information content (AvgIpc) is 2.69. The van der Waals surface area contributed by atoms with Gasteiger partial charge in [0.25, 0.3) is 11.8 Å². The molecule has 2 aromatic rings. The van der Waals surface area contributed by atoms with Crippen molar-refractivity contribution >= 4 is 23.5 Å². The molecule has 154 valence electrons. The van der Waals surface area contributed by atoms with Gasteiger partial charge in [-0.2, -0.15) is 0 Å². The van der Waals surface area contributed by atoms with Gasteiger partial charge in [0.15, 0.2) is 6.61 Å². The summed E-state index contributed by atoms with van der Waals surface area (Å²) in [5, 5.41) is 11.5. The highest BCUT2D eigenvalue weighted by atomic mass is 16.5. The van der Waals surface area contributed by atoms with Gasteiger partial charge < -0.3 is 20.1 Å². The summed E-state index contributed by atoms with van der Waals surface area (Å²) in [7, 11) is 1.64.